The zero-order chi connectivity index (χ0) is 22.1. The molecular weight excluding hydrogens is 406 g/mol. The van der Waals surface area contributed by atoms with Crippen molar-refractivity contribution >= 4 is 5.78 Å². The zero-order valence-electron chi connectivity index (χ0n) is 17.7. The highest BCUT2D eigenvalue weighted by molar-refractivity contribution is 5.97. The van der Waals surface area contributed by atoms with Crippen molar-refractivity contribution in [2.24, 2.45) is 0 Å². The summed E-state index contributed by atoms with van der Waals surface area (Å²) in [7, 11) is 0. The molecule has 1 aromatic carbocycles. The van der Waals surface area contributed by atoms with Crippen molar-refractivity contribution in [1.29, 1.82) is 0 Å². The molecule has 1 N–H and O–H groups in total. The lowest BCUT2D eigenvalue weighted by atomic mass is 10.0. The summed E-state index contributed by atoms with van der Waals surface area (Å²) in [5.41, 5.74) is 4.47. The van der Waals surface area contributed by atoms with E-state index in [0.717, 1.165) is 47.3 Å². The maximum Gasteiger partial charge on any atom is 0.329 e. The first-order valence-electron chi connectivity index (χ1n) is 10.8. The summed E-state index contributed by atoms with van der Waals surface area (Å²) in [5.74, 6) is 0.720. The zero-order valence-corrected chi connectivity index (χ0v) is 17.7. The first-order valence-corrected chi connectivity index (χ1v) is 10.8. The molecule has 9 heteroatoms. The molecule has 1 aliphatic rings. The van der Waals surface area contributed by atoms with Crippen LogP contribution in [0.3, 0.4) is 0 Å². The molecule has 32 heavy (non-hydrogen) atoms. The highest BCUT2D eigenvalue weighted by Crippen LogP contribution is 2.29. The number of aromatic nitrogens is 7. The van der Waals surface area contributed by atoms with Crippen LogP contribution in [-0.4, -0.2) is 40.5 Å². The molecule has 0 radical (unpaired) electrons. The molecule has 4 aromatic rings. The largest absolute Gasteiger partial charge is 0.329 e. The molecule has 1 fully saturated rings. The molecular formula is C23H23N7O2. The molecule has 3 aromatic heterocycles. The molecule has 0 saturated heterocycles. The van der Waals surface area contributed by atoms with Gasteiger partial charge in [0.25, 0.3) is 0 Å². The Hall–Kier alpha value is -3.88. The third-order valence-electron chi connectivity index (χ3n) is 5.77. The second kappa shape index (κ2) is 8.33. The minimum Gasteiger partial charge on any atom is -0.297 e. The average molecular weight is 429 g/mol. The SMILES string of the molecule is CCCCc1cn(C2CC2=O)c(=O)n1Cc1cc(-c2cccc(-c3nnn[nH]3)c2)ccn1. The van der Waals surface area contributed by atoms with Crippen LogP contribution < -0.4 is 5.69 Å². The molecule has 0 spiro atoms. The number of ketones is 1. The van der Waals surface area contributed by atoms with Gasteiger partial charge in [-0.15, -0.1) is 5.10 Å². The van der Waals surface area contributed by atoms with Crippen molar-refractivity contribution in [3.05, 3.63) is 70.7 Å². The van der Waals surface area contributed by atoms with Gasteiger partial charge >= 0.3 is 5.69 Å². The van der Waals surface area contributed by atoms with E-state index in [2.05, 4.69) is 32.5 Å². The molecule has 0 bridgehead atoms. The van der Waals surface area contributed by atoms with Crippen LogP contribution in [0, 0.1) is 0 Å². The Bertz CT molecular complexity index is 1320. The summed E-state index contributed by atoms with van der Waals surface area (Å²) in [5, 5.41) is 14.0. The predicted octanol–water partition coefficient (Wildman–Crippen LogP) is 2.80. The first kappa shape index (κ1) is 20.0. The molecule has 1 aliphatic carbocycles. The lowest BCUT2D eigenvalue weighted by Crippen LogP contribution is -2.25. The van der Waals surface area contributed by atoms with Crippen molar-refractivity contribution in [3.8, 4) is 22.5 Å². The lowest BCUT2D eigenvalue weighted by molar-refractivity contribution is -0.110. The average Bonchev–Trinajstić information content (AvgIpc) is 3.19. The van der Waals surface area contributed by atoms with Crippen LogP contribution in [0.2, 0.25) is 0 Å². The number of nitrogens with zero attached hydrogens (tertiary/aromatic N) is 6. The van der Waals surface area contributed by atoms with Gasteiger partial charge in [-0.1, -0.05) is 31.5 Å². The van der Waals surface area contributed by atoms with Crippen molar-refractivity contribution < 1.29 is 4.79 Å². The van der Waals surface area contributed by atoms with Crippen molar-refractivity contribution in [1.82, 2.24) is 34.7 Å². The number of imidazole rings is 1. The monoisotopic (exact) mass is 429 g/mol. The summed E-state index contributed by atoms with van der Waals surface area (Å²) in [4.78, 5) is 29.2. The van der Waals surface area contributed by atoms with E-state index in [4.69, 9.17) is 0 Å². The van der Waals surface area contributed by atoms with E-state index in [9.17, 15) is 9.59 Å². The molecule has 3 heterocycles. The van der Waals surface area contributed by atoms with E-state index < -0.39 is 0 Å². The molecule has 1 atom stereocenters. The number of carbonyl (C=O) groups is 1. The molecule has 5 rings (SSSR count). The van der Waals surface area contributed by atoms with Gasteiger partial charge in [0, 0.05) is 30.1 Å². The number of nitrogens with one attached hydrogen (secondary N) is 1. The number of rotatable bonds is 8. The second-order valence-corrected chi connectivity index (χ2v) is 8.05. The minimum absolute atomic E-state index is 0.119. The van der Waals surface area contributed by atoms with Crippen molar-refractivity contribution in [2.45, 2.75) is 45.2 Å². The van der Waals surface area contributed by atoms with E-state index in [1.54, 1.807) is 15.3 Å². The molecule has 0 amide bonds. The number of aryl methyl sites for hydroxylation is 1. The topological polar surface area (TPSA) is 111 Å². The van der Waals surface area contributed by atoms with Crippen LogP contribution in [0.4, 0.5) is 0 Å². The number of hydrogen-bond acceptors (Lipinski definition) is 6. The summed E-state index contributed by atoms with van der Waals surface area (Å²) < 4.78 is 3.34. The van der Waals surface area contributed by atoms with E-state index >= 15 is 0 Å². The fourth-order valence-electron chi connectivity index (χ4n) is 3.92. The number of unbranched alkanes of at least 4 members (excludes halogenated alkanes) is 1. The summed E-state index contributed by atoms with van der Waals surface area (Å²) >= 11 is 0. The maximum atomic E-state index is 13.0. The van der Waals surface area contributed by atoms with Gasteiger partial charge in [-0.25, -0.2) is 9.89 Å². The third-order valence-corrected chi connectivity index (χ3v) is 5.77. The number of benzene rings is 1. The van der Waals surface area contributed by atoms with Crippen LogP contribution in [0.25, 0.3) is 22.5 Å². The van der Waals surface area contributed by atoms with Crippen LogP contribution in [0.5, 0.6) is 0 Å². The molecule has 162 valence electrons. The molecule has 1 unspecified atom stereocenters. The van der Waals surface area contributed by atoms with Gasteiger partial charge in [0.2, 0.25) is 0 Å². The van der Waals surface area contributed by atoms with E-state index in [1.165, 1.54) is 0 Å². The fraction of sp³-hybridized carbons (Fsp3) is 0.304. The Morgan fingerprint density at radius 1 is 1.12 bits per heavy atom. The van der Waals surface area contributed by atoms with Gasteiger partial charge < -0.3 is 0 Å². The number of aromatic amines is 1. The van der Waals surface area contributed by atoms with Crippen LogP contribution in [0.1, 0.15) is 43.6 Å². The standard InChI is InChI=1S/C23H23N7O2/c1-2-3-7-19-14-30(20-12-21(20)31)23(32)29(19)13-18-11-16(8-9-24-18)15-5-4-6-17(10-15)22-25-27-28-26-22/h4-6,8-11,14,20H,2-3,7,12-13H2,1H3,(H,25,26,27,28). The predicted molar refractivity (Wildman–Crippen MR) is 118 cm³/mol. The summed E-state index contributed by atoms with van der Waals surface area (Å²) in [6, 6.07) is 11.6. The van der Waals surface area contributed by atoms with Gasteiger partial charge in [-0.3, -0.25) is 18.9 Å². The second-order valence-electron chi connectivity index (χ2n) is 8.05. The first-order chi connectivity index (χ1) is 15.6. The van der Waals surface area contributed by atoms with Crippen LogP contribution in [0.15, 0.2) is 53.6 Å². The Balaban J connectivity index is 1.46. The third kappa shape index (κ3) is 3.89. The number of Topliss-reactive ketones (excluding diaryl/α,β-unsaturated/α-hetero) is 1. The van der Waals surface area contributed by atoms with Gasteiger partial charge in [-0.2, -0.15) is 0 Å². The van der Waals surface area contributed by atoms with Crippen molar-refractivity contribution in [3.63, 3.8) is 0 Å². The van der Waals surface area contributed by atoms with Gasteiger partial charge in [0.1, 0.15) is 6.04 Å². The van der Waals surface area contributed by atoms with E-state index in [-0.39, 0.29) is 17.5 Å². The number of carbonyl (C=O) groups excluding carboxylic acids is 1. The lowest BCUT2D eigenvalue weighted by Gasteiger charge is -2.09. The molecule has 1 saturated carbocycles. The molecule has 0 aliphatic heterocycles. The Labute approximate surface area is 184 Å². The summed E-state index contributed by atoms with van der Waals surface area (Å²) in [6.45, 7) is 2.49. The Kier molecular flexibility index (Phi) is 5.22. The normalized spacial score (nSPS) is 15.3. The van der Waals surface area contributed by atoms with Crippen LogP contribution in [-0.2, 0) is 17.8 Å². The number of H-pyrrole nitrogens is 1. The number of tetrazole rings is 1. The summed E-state index contributed by atoms with van der Waals surface area (Å²) in [6.07, 6.45) is 6.87. The van der Waals surface area contributed by atoms with E-state index in [0.29, 0.717) is 18.8 Å². The van der Waals surface area contributed by atoms with E-state index in [1.807, 2.05) is 42.6 Å². The Morgan fingerprint density at radius 2 is 1.94 bits per heavy atom. The minimum atomic E-state index is -0.295. The smallest absolute Gasteiger partial charge is 0.297 e. The fourth-order valence-corrected chi connectivity index (χ4v) is 3.92. The van der Waals surface area contributed by atoms with Crippen molar-refractivity contribution in [2.75, 3.05) is 0 Å². The highest BCUT2D eigenvalue weighted by atomic mass is 16.2. The number of pyridine rings is 1. The van der Waals surface area contributed by atoms with Crippen LogP contribution >= 0.6 is 0 Å². The highest BCUT2D eigenvalue weighted by Gasteiger charge is 2.38. The number of hydrogen-bond donors (Lipinski definition) is 1. The Morgan fingerprint density at radius 3 is 2.69 bits per heavy atom. The quantitative estimate of drug-likeness (QED) is 0.461. The van der Waals surface area contributed by atoms with Gasteiger partial charge in [0.05, 0.1) is 12.2 Å². The van der Waals surface area contributed by atoms with Gasteiger partial charge in [0.15, 0.2) is 11.6 Å². The molecule has 9 nitrogen and oxygen atoms in total. The maximum absolute atomic E-state index is 13.0. The van der Waals surface area contributed by atoms with Gasteiger partial charge in [-0.05, 0) is 52.6 Å².